The van der Waals surface area contributed by atoms with Crippen molar-refractivity contribution in [2.45, 2.75) is 13.3 Å². The van der Waals surface area contributed by atoms with Crippen molar-refractivity contribution in [1.29, 1.82) is 0 Å². The molecule has 2 heterocycles. The minimum absolute atomic E-state index is 0.949. The zero-order valence-corrected chi connectivity index (χ0v) is 8.51. The van der Waals surface area contributed by atoms with Gasteiger partial charge in [-0.3, -0.25) is 0 Å². The van der Waals surface area contributed by atoms with Crippen LogP contribution in [0.3, 0.4) is 0 Å². The molecular formula is C9H11N3S. The van der Waals surface area contributed by atoms with Crippen molar-refractivity contribution in [2.24, 2.45) is 7.05 Å². The van der Waals surface area contributed by atoms with E-state index in [9.17, 15) is 0 Å². The molecule has 68 valence electrons. The van der Waals surface area contributed by atoms with Crippen LogP contribution in [0.2, 0.25) is 0 Å². The molecule has 0 saturated carbocycles. The first-order valence-corrected chi connectivity index (χ1v) is 5.05. The van der Waals surface area contributed by atoms with E-state index >= 15 is 0 Å². The second-order valence-corrected chi connectivity index (χ2v) is 3.96. The van der Waals surface area contributed by atoms with Crippen LogP contribution in [0.4, 0.5) is 0 Å². The second-order valence-electron chi connectivity index (χ2n) is 2.85. The molecule has 0 spiro atoms. The van der Waals surface area contributed by atoms with E-state index in [1.54, 1.807) is 17.5 Å². The van der Waals surface area contributed by atoms with Gasteiger partial charge in [-0.05, 0) is 6.42 Å². The third kappa shape index (κ3) is 1.49. The lowest BCUT2D eigenvalue weighted by molar-refractivity contribution is 0.922. The summed E-state index contributed by atoms with van der Waals surface area (Å²) in [5.41, 5.74) is 0. The number of rotatable bonds is 2. The lowest BCUT2D eigenvalue weighted by Gasteiger charge is -1.94. The molecule has 2 rings (SSSR count). The van der Waals surface area contributed by atoms with Crippen molar-refractivity contribution >= 4 is 11.3 Å². The first kappa shape index (κ1) is 8.44. The number of nitrogens with zero attached hydrogens (tertiary/aromatic N) is 3. The van der Waals surface area contributed by atoms with Crippen molar-refractivity contribution < 1.29 is 0 Å². The third-order valence-corrected chi connectivity index (χ3v) is 3.05. The summed E-state index contributed by atoms with van der Waals surface area (Å²) in [6.07, 6.45) is 6.70. The lowest BCUT2D eigenvalue weighted by atomic mass is 10.4. The standard InChI is InChI=1S/C9H11N3S/c1-3-7-6-11-9(13-7)8-10-4-5-12(8)2/h4-6H,3H2,1-2H3. The van der Waals surface area contributed by atoms with Crippen LogP contribution < -0.4 is 0 Å². The van der Waals surface area contributed by atoms with Gasteiger partial charge in [0.2, 0.25) is 0 Å². The summed E-state index contributed by atoms with van der Waals surface area (Å²) < 4.78 is 1.98. The largest absolute Gasteiger partial charge is 0.332 e. The molecule has 4 heteroatoms. The predicted octanol–water partition coefficient (Wildman–Crippen LogP) is 2.11. The highest BCUT2D eigenvalue weighted by Crippen LogP contribution is 2.23. The zero-order valence-electron chi connectivity index (χ0n) is 7.69. The van der Waals surface area contributed by atoms with E-state index in [2.05, 4.69) is 16.9 Å². The van der Waals surface area contributed by atoms with Gasteiger partial charge >= 0.3 is 0 Å². The van der Waals surface area contributed by atoms with Crippen LogP contribution >= 0.6 is 11.3 Å². The van der Waals surface area contributed by atoms with Gasteiger partial charge in [0, 0.05) is 30.5 Å². The van der Waals surface area contributed by atoms with Crippen LogP contribution in [0, 0.1) is 0 Å². The number of aromatic nitrogens is 3. The van der Waals surface area contributed by atoms with Gasteiger partial charge in [0.05, 0.1) is 0 Å². The Kier molecular flexibility index (Phi) is 2.14. The zero-order chi connectivity index (χ0) is 9.26. The van der Waals surface area contributed by atoms with Crippen LogP contribution in [0.5, 0.6) is 0 Å². The maximum atomic E-state index is 4.33. The smallest absolute Gasteiger partial charge is 0.168 e. The molecule has 0 fully saturated rings. The van der Waals surface area contributed by atoms with Gasteiger partial charge in [-0.2, -0.15) is 0 Å². The van der Waals surface area contributed by atoms with E-state index < -0.39 is 0 Å². The molecule has 13 heavy (non-hydrogen) atoms. The van der Waals surface area contributed by atoms with Gasteiger partial charge in [-0.15, -0.1) is 11.3 Å². The van der Waals surface area contributed by atoms with E-state index in [0.29, 0.717) is 0 Å². The van der Waals surface area contributed by atoms with Crippen LogP contribution in [0.25, 0.3) is 10.8 Å². The van der Waals surface area contributed by atoms with Crippen molar-refractivity contribution in [3.8, 4) is 10.8 Å². The van der Waals surface area contributed by atoms with Gasteiger partial charge in [-0.1, -0.05) is 6.92 Å². The Balaban J connectivity index is 2.41. The molecule has 0 N–H and O–H groups in total. The van der Waals surface area contributed by atoms with Gasteiger partial charge in [0.25, 0.3) is 0 Å². The molecule has 0 unspecified atom stereocenters. The summed E-state index contributed by atoms with van der Waals surface area (Å²) in [5, 5.41) is 1.00. The van der Waals surface area contributed by atoms with Gasteiger partial charge < -0.3 is 4.57 Å². The highest BCUT2D eigenvalue weighted by molar-refractivity contribution is 7.14. The summed E-state index contributed by atoms with van der Waals surface area (Å²) in [4.78, 5) is 9.87. The summed E-state index contributed by atoms with van der Waals surface area (Å²) in [6, 6.07) is 0. The fourth-order valence-corrected chi connectivity index (χ4v) is 2.04. The van der Waals surface area contributed by atoms with Crippen molar-refractivity contribution in [3.05, 3.63) is 23.5 Å². The molecule has 2 aromatic heterocycles. The molecular weight excluding hydrogens is 182 g/mol. The van der Waals surface area contributed by atoms with E-state index in [4.69, 9.17) is 0 Å². The van der Waals surface area contributed by atoms with Crippen LogP contribution in [-0.2, 0) is 13.5 Å². The normalized spacial score (nSPS) is 10.6. The molecule has 0 saturated heterocycles. The fraction of sp³-hybridized carbons (Fsp3) is 0.333. The molecule has 0 aromatic carbocycles. The minimum Gasteiger partial charge on any atom is -0.332 e. The Morgan fingerprint density at radius 1 is 1.46 bits per heavy atom. The molecule has 0 radical (unpaired) electrons. The van der Waals surface area contributed by atoms with Gasteiger partial charge in [0.1, 0.15) is 0 Å². The Hall–Kier alpha value is -1.16. The quantitative estimate of drug-likeness (QED) is 0.731. The van der Waals surface area contributed by atoms with Crippen molar-refractivity contribution in [3.63, 3.8) is 0 Å². The molecule has 2 aromatic rings. The van der Waals surface area contributed by atoms with Gasteiger partial charge in [0.15, 0.2) is 10.8 Å². The van der Waals surface area contributed by atoms with Crippen molar-refractivity contribution in [1.82, 2.24) is 14.5 Å². The Bertz CT molecular complexity index is 402. The highest BCUT2D eigenvalue weighted by Gasteiger charge is 2.07. The van der Waals surface area contributed by atoms with Crippen molar-refractivity contribution in [2.75, 3.05) is 0 Å². The maximum absolute atomic E-state index is 4.33. The Morgan fingerprint density at radius 3 is 2.85 bits per heavy atom. The number of thiazole rings is 1. The minimum atomic E-state index is 0.949. The first-order valence-electron chi connectivity index (χ1n) is 4.23. The molecule has 0 aliphatic carbocycles. The molecule has 0 bridgehead atoms. The van der Waals surface area contributed by atoms with E-state index in [0.717, 1.165) is 17.3 Å². The van der Waals surface area contributed by atoms with E-state index in [1.807, 2.05) is 24.0 Å². The third-order valence-electron chi connectivity index (χ3n) is 1.91. The van der Waals surface area contributed by atoms with Crippen LogP contribution in [0.15, 0.2) is 18.6 Å². The molecule has 0 aliphatic heterocycles. The topological polar surface area (TPSA) is 30.7 Å². The highest BCUT2D eigenvalue weighted by atomic mass is 32.1. The molecule has 3 nitrogen and oxygen atoms in total. The molecule has 0 amide bonds. The van der Waals surface area contributed by atoms with Crippen LogP contribution in [-0.4, -0.2) is 14.5 Å². The van der Waals surface area contributed by atoms with Crippen LogP contribution in [0.1, 0.15) is 11.8 Å². The summed E-state index contributed by atoms with van der Waals surface area (Å²) >= 11 is 1.71. The van der Waals surface area contributed by atoms with Gasteiger partial charge in [-0.25, -0.2) is 9.97 Å². The maximum Gasteiger partial charge on any atom is 0.168 e. The summed E-state index contributed by atoms with van der Waals surface area (Å²) in [6.45, 7) is 2.13. The Labute approximate surface area is 81.1 Å². The lowest BCUT2D eigenvalue weighted by Crippen LogP contribution is -1.89. The number of hydrogen-bond donors (Lipinski definition) is 0. The predicted molar refractivity (Wildman–Crippen MR) is 53.7 cm³/mol. The monoisotopic (exact) mass is 193 g/mol. The average Bonchev–Trinajstić information content (AvgIpc) is 2.71. The molecule has 0 atom stereocenters. The number of imidazole rings is 1. The number of aryl methyl sites for hydroxylation is 2. The average molecular weight is 193 g/mol. The summed E-state index contributed by atoms with van der Waals surface area (Å²) in [5.74, 6) is 0.949. The number of hydrogen-bond acceptors (Lipinski definition) is 3. The fourth-order valence-electron chi connectivity index (χ4n) is 1.15. The SMILES string of the molecule is CCc1cnc(-c2nccn2C)s1. The van der Waals surface area contributed by atoms with E-state index in [1.165, 1.54) is 4.88 Å². The second kappa shape index (κ2) is 3.30. The van der Waals surface area contributed by atoms with E-state index in [-0.39, 0.29) is 0 Å². The summed E-state index contributed by atoms with van der Waals surface area (Å²) in [7, 11) is 1.98. The molecule has 0 aliphatic rings. The first-order chi connectivity index (χ1) is 6.31. The Morgan fingerprint density at radius 2 is 2.31 bits per heavy atom.